The number of thiophene rings is 1. The van der Waals surface area contributed by atoms with Crippen molar-refractivity contribution >= 4 is 33.2 Å². The van der Waals surface area contributed by atoms with Crippen molar-refractivity contribution in [2.75, 3.05) is 21.3 Å². The number of carbonyl (C=O) groups is 2. The Morgan fingerprint density at radius 2 is 1.65 bits per heavy atom. The van der Waals surface area contributed by atoms with E-state index in [1.165, 1.54) is 37.8 Å². The SMILES string of the molecule is COC(=O)c1sccc1S(=O)(=O)NNC(=O)c1cc(OC)cc(OC)c1. The third-order valence-corrected chi connectivity index (χ3v) is 5.52. The van der Waals surface area contributed by atoms with Gasteiger partial charge in [0.15, 0.2) is 0 Å². The molecule has 0 aliphatic heterocycles. The van der Waals surface area contributed by atoms with Crippen molar-refractivity contribution in [3.05, 3.63) is 40.1 Å². The van der Waals surface area contributed by atoms with Crippen LogP contribution in [-0.2, 0) is 14.8 Å². The molecule has 2 N–H and O–H groups in total. The van der Waals surface area contributed by atoms with Gasteiger partial charge >= 0.3 is 5.97 Å². The Morgan fingerprint density at radius 3 is 2.19 bits per heavy atom. The minimum atomic E-state index is -4.17. The average molecular weight is 400 g/mol. The second-order valence-electron chi connectivity index (χ2n) is 4.77. The second-order valence-corrected chi connectivity index (χ2v) is 7.33. The summed E-state index contributed by atoms with van der Waals surface area (Å²) in [6, 6.07) is 5.63. The van der Waals surface area contributed by atoms with Gasteiger partial charge < -0.3 is 14.2 Å². The van der Waals surface area contributed by atoms with Gasteiger partial charge in [-0.25, -0.2) is 13.2 Å². The molecule has 0 bridgehead atoms. The topological polar surface area (TPSA) is 120 Å². The first-order chi connectivity index (χ1) is 12.3. The van der Waals surface area contributed by atoms with Crippen LogP contribution in [0.4, 0.5) is 0 Å². The van der Waals surface area contributed by atoms with E-state index in [9.17, 15) is 18.0 Å². The Kier molecular flexibility index (Phi) is 6.18. The first kappa shape index (κ1) is 19.7. The van der Waals surface area contributed by atoms with Crippen LogP contribution < -0.4 is 19.7 Å². The number of benzene rings is 1. The van der Waals surface area contributed by atoms with E-state index < -0.39 is 21.9 Å². The highest BCUT2D eigenvalue weighted by atomic mass is 32.2. The van der Waals surface area contributed by atoms with E-state index in [1.807, 2.05) is 4.83 Å². The zero-order chi connectivity index (χ0) is 19.3. The predicted octanol–water partition coefficient (Wildman–Crippen LogP) is 1.18. The van der Waals surface area contributed by atoms with E-state index in [4.69, 9.17) is 9.47 Å². The van der Waals surface area contributed by atoms with Crippen molar-refractivity contribution in [3.63, 3.8) is 0 Å². The van der Waals surface area contributed by atoms with Crippen LogP contribution in [0.25, 0.3) is 0 Å². The van der Waals surface area contributed by atoms with E-state index in [2.05, 4.69) is 10.2 Å². The van der Waals surface area contributed by atoms with Crippen molar-refractivity contribution < 1.29 is 32.2 Å². The van der Waals surface area contributed by atoms with Gasteiger partial charge in [0.2, 0.25) is 0 Å². The molecule has 0 aliphatic rings. The summed E-state index contributed by atoms with van der Waals surface area (Å²) in [5.74, 6) is -0.795. The molecule has 0 spiro atoms. The molecule has 11 heteroatoms. The highest BCUT2D eigenvalue weighted by Gasteiger charge is 2.25. The van der Waals surface area contributed by atoms with Crippen LogP contribution in [0.3, 0.4) is 0 Å². The molecule has 26 heavy (non-hydrogen) atoms. The number of ether oxygens (including phenoxy) is 3. The molecule has 0 fully saturated rings. The van der Waals surface area contributed by atoms with Crippen LogP contribution in [0, 0.1) is 0 Å². The Bertz CT molecular complexity index is 900. The maximum Gasteiger partial charge on any atom is 0.349 e. The third kappa shape index (κ3) is 4.31. The zero-order valence-corrected chi connectivity index (χ0v) is 15.7. The van der Waals surface area contributed by atoms with E-state index in [1.54, 1.807) is 6.07 Å². The van der Waals surface area contributed by atoms with Gasteiger partial charge in [0.05, 0.1) is 21.3 Å². The Morgan fingerprint density at radius 1 is 1.04 bits per heavy atom. The smallest absolute Gasteiger partial charge is 0.349 e. The molecule has 1 amide bonds. The van der Waals surface area contributed by atoms with Gasteiger partial charge in [-0.05, 0) is 23.6 Å². The summed E-state index contributed by atoms with van der Waals surface area (Å²) in [5.41, 5.74) is 2.19. The van der Waals surface area contributed by atoms with Crippen LogP contribution in [0.1, 0.15) is 20.0 Å². The fourth-order valence-corrected chi connectivity index (χ4v) is 4.11. The third-order valence-electron chi connectivity index (χ3n) is 3.20. The number of amides is 1. The Balaban J connectivity index is 2.19. The first-order valence-corrected chi connectivity index (χ1v) is 9.39. The monoisotopic (exact) mass is 400 g/mol. The first-order valence-electron chi connectivity index (χ1n) is 7.03. The molecule has 2 rings (SSSR count). The van der Waals surface area contributed by atoms with Gasteiger partial charge in [-0.15, -0.1) is 16.2 Å². The maximum absolute atomic E-state index is 12.3. The van der Waals surface area contributed by atoms with Gasteiger partial charge in [0.25, 0.3) is 15.9 Å². The summed E-state index contributed by atoms with van der Waals surface area (Å²) < 4.78 is 39.3. The zero-order valence-electron chi connectivity index (χ0n) is 14.1. The van der Waals surface area contributed by atoms with Gasteiger partial charge in [0, 0.05) is 11.6 Å². The Labute approximate surface area is 153 Å². The standard InChI is InChI=1S/C15H16N2O7S2/c1-22-10-6-9(7-11(8-10)23-2)14(18)16-17-26(20,21)12-4-5-25-13(12)15(19)24-3/h4-8,17H,1-3H3,(H,16,18). The summed E-state index contributed by atoms with van der Waals surface area (Å²) in [5, 5.41) is 1.43. The molecular formula is C15H16N2O7S2. The molecule has 0 unspecified atom stereocenters. The fourth-order valence-electron chi connectivity index (χ4n) is 1.93. The number of sulfonamides is 1. The molecule has 0 saturated heterocycles. The molecular weight excluding hydrogens is 384 g/mol. The highest BCUT2D eigenvalue weighted by molar-refractivity contribution is 7.89. The van der Waals surface area contributed by atoms with Crippen LogP contribution in [0.5, 0.6) is 11.5 Å². The number of carbonyl (C=O) groups excluding carboxylic acids is 2. The molecule has 1 aromatic heterocycles. The Hall–Kier alpha value is -2.63. The van der Waals surface area contributed by atoms with Crippen molar-refractivity contribution in [2.24, 2.45) is 0 Å². The molecule has 0 saturated carbocycles. The number of methoxy groups -OCH3 is 3. The average Bonchev–Trinajstić information content (AvgIpc) is 3.15. The lowest BCUT2D eigenvalue weighted by Gasteiger charge is -2.10. The van der Waals surface area contributed by atoms with Gasteiger partial charge in [-0.1, -0.05) is 0 Å². The highest BCUT2D eigenvalue weighted by Crippen LogP contribution is 2.23. The molecule has 0 radical (unpaired) electrons. The predicted molar refractivity (Wildman–Crippen MR) is 93.0 cm³/mol. The fraction of sp³-hybridized carbons (Fsp3) is 0.200. The van der Waals surface area contributed by atoms with Crippen molar-refractivity contribution in [1.82, 2.24) is 10.3 Å². The van der Waals surface area contributed by atoms with E-state index in [0.717, 1.165) is 18.4 Å². The molecule has 1 heterocycles. The number of hydrazine groups is 1. The van der Waals surface area contributed by atoms with E-state index in [-0.39, 0.29) is 15.3 Å². The van der Waals surface area contributed by atoms with Crippen LogP contribution >= 0.6 is 11.3 Å². The molecule has 2 aromatic rings. The van der Waals surface area contributed by atoms with E-state index in [0.29, 0.717) is 11.5 Å². The van der Waals surface area contributed by atoms with Gasteiger partial charge in [-0.2, -0.15) is 0 Å². The summed E-state index contributed by atoms with van der Waals surface area (Å²) in [4.78, 5) is 25.4. The number of hydrogen-bond donors (Lipinski definition) is 2. The number of rotatable bonds is 7. The van der Waals surface area contributed by atoms with Crippen LogP contribution in [0.15, 0.2) is 34.5 Å². The molecule has 1 aromatic carbocycles. The maximum atomic E-state index is 12.3. The van der Waals surface area contributed by atoms with Crippen molar-refractivity contribution in [2.45, 2.75) is 4.90 Å². The summed E-state index contributed by atoms with van der Waals surface area (Å²) in [6.45, 7) is 0. The summed E-state index contributed by atoms with van der Waals surface area (Å²) in [6.07, 6.45) is 0. The lowest BCUT2D eigenvalue weighted by atomic mass is 10.2. The minimum Gasteiger partial charge on any atom is -0.497 e. The van der Waals surface area contributed by atoms with Crippen molar-refractivity contribution in [3.8, 4) is 11.5 Å². The van der Waals surface area contributed by atoms with Crippen molar-refractivity contribution in [1.29, 1.82) is 0 Å². The minimum absolute atomic E-state index is 0.0997. The van der Waals surface area contributed by atoms with Crippen LogP contribution in [-0.4, -0.2) is 41.6 Å². The number of esters is 1. The lowest BCUT2D eigenvalue weighted by molar-refractivity contribution is 0.0602. The second kappa shape index (κ2) is 8.17. The molecule has 0 aliphatic carbocycles. The quantitative estimate of drug-likeness (QED) is 0.529. The molecule has 140 valence electrons. The normalized spacial score (nSPS) is 10.9. The summed E-state index contributed by atoms with van der Waals surface area (Å²) in [7, 11) is -0.188. The molecule has 0 atom stereocenters. The van der Waals surface area contributed by atoms with Crippen LogP contribution in [0.2, 0.25) is 0 Å². The van der Waals surface area contributed by atoms with E-state index >= 15 is 0 Å². The number of nitrogens with one attached hydrogen (secondary N) is 2. The largest absolute Gasteiger partial charge is 0.497 e. The lowest BCUT2D eigenvalue weighted by Crippen LogP contribution is -2.41. The molecule has 9 nitrogen and oxygen atoms in total. The van der Waals surface area contributed by atoms with Gasteiger partial charge in [-0.3, -0.25) is 10.2 Å². The van der Waals surface area contributed by atoms with Gasteiger partial charge in [0.1, 0.15) is 21.3 Å². The number of hydrogen-bond acceptors (Lipinski definition) is 8. The summed E-state index contributed by atoms with van der Waals surface area (Å²) >= 11 is 0.910.